The molecule has 9 rings (SSSR count). The number of fused-ring (bicyclic) bond motifs is 5. The Morgan fingerprint density at radius 2 is 0.956 bits per heavy atom. The lowest BCUT2D eigenvalue weighted by atomic mass is 9.85. The molecule has 0 aliphatic heterocycles. The van der Waals surface area contributed by atoms with Gasteiger partial charge in [-0.15, -0.1) is 0 Å². The molecule has 0 unspecified atom stereocenters. The summed E-state index contributed by atoms with van der Waals surface area (Å²) in [5.41, 5.74) is 6.27. The zero-order chi connectivity index (χ0) is 35.0. The lowest BCUT2D eigenvalue weighted by Gasteiger charge is -2.18. The van der Waals surface area contributed by atoms with E-state index in [4.69, 9.17) is 8.53 Å². The van der Waals surface area contributed by atoms with Gasteiger partial charge in [0.05, 0.1) is 8.22 Å². The van der Waals surface area contributed by atoms with Crippen molar-refractivity contribution in [2.24, 2.45) is 0 Å². The summed E-state index contributed by atoms with van der Waals surface area (Å²) < 4.78 is 60.9. The van der Waals surface area contributed by atoms with E-state index in [0.29, 0.717) is 22.1 Å². The number of hydrogen-bond acceptors (Lipinski definition) is 1. The molecule has 1 nitrogen and oxygen atoms in total. The summed E-state index contributed by atoms with van der Waals surface area (Å²) in [6, 6.07) is 42.8. The quantitative estimate of drug-likeness (QED) is 0.189. The van der Waals surface area contributed by atoms with Gasteiger partial charge in [-0.25, -0.2) is 0 Å². The first-order valence-corrected chi connectivity index (χ1v) is 15.0. The van der Waals surface area contributed by atoms with Crippen LogP contribution < -0.4 is 0 Å². The van der Waals surface area contributed by atoms with Crippen molar-refractivity contribution in [3.05, 3.63) is 170 Å². The summed E-state index contributed by atoms with van der Waals surface area (Å²) in [4.78, 5) is 0. The van der Waals surface area contributed by atoms with Gasteiger partial charge >= 0.3 is 0 Å². The molecule has 1 heteroatoms. The molecule has 0 bridgehead atoms. The predicted molar refractivity (Wildman–Crippen MR) is 190 cm³/mol. The lowest BCUT2D eigenvalue weighted by molar-refractivity contribution is 0.669. The van der Waals surface area contributed by atoms with Crippen LogP contribution in [0.3, 0.4) is 0 Å². The second kappa shape index (κ2) is 10.4. The molecule has 0 N–H and O–H groups in total. The van der Waals surface area contributed by atoms with Crippen LogP contribution in [0.4, 0.5) is 0 Å². The third kappa shape index (κ3) is 4.17. The Labute approximate surface area is 270 Å². The van der Waals surface area contributed by atoms with Crippen molar-refractivity contribution in [2.45, 2.75) is 0 Å². The van der Waals surface area contributed by atoms with Gasteiger partial charge in [-0.3, -0.25) is 0 Å². The fourth-order valence-electron chi connectivity index (χ4n) is 6.59. The fraction of sp³-hybridized carbons (Fsp3) is 0. The molecule has 45 heavy (non-hydrogen) atoms. The van der Waals surface area contributed by atoms with Crippen LogP contribution in [-0.2, 0) is 0 Å². The summed E-state index contributed by atoms with van der Waals surface area (Å²) in [6.45, 7) is 0. The van der Waals surface area contributed by atoms with E-state index in [1.165, 1.54) is 0 Å². The van der Waals surface area contributed by atoms with E-state index in [1.54, 1.807) is 0 Å². The summed E-state index contributed by atoms with van der Waals surface area (Å²) in [6.07, 6.45) is 0. The van der Waals surface area contributed by atoms with Crippen molar-refractivity contribution < 1.29 is 12.6 Å². The topological polar surface area (TPSA) is 13.1 Å². The molecule has 1 aromatic heterocycles. The smallest absolute Gasteiger partial charge is 0.136 e. The van der Waals surface area contributed by atoms with Gasteiger partial charge in [-0.2, -0.15) is 0 Å². The summed E-state index contributed by atoms with van der Waals surface area (Å²) in [7, 11) is 0. The van der Waals surface area contributed by atoms with Crippen molar-refractivity contribution in [1.29, 1.82) is 0 Å². The maximum Gasteiger partial charge on any atom is 0.136 e. The Hall–Kier alpha value is -5.92. The molecule has 0 aliphatic carbocycles. The minimum absolute atomic E-state index is 0.00221. The van der Waals surface area contributed by atoms with Crippen molar-refractivity contribution >= 4 is 43.5 Å². The van der Waals surface area contributed by atoms with Crippen molar-refractivity contribution in [3.8, 4) is 44.5 Å². The number of benzene rings is 8. The van der Waals surface area contributed by atoms with E-state index in [9.17, 15) is 4.11 Å². The minimum atomic E-state index is -0.297. The Balaban J connectivity index is 1.42. The van der Waals surface area contributed by atoms with Crippen molar-refractivity contribution in [3.63, 3.8) is 0 Å². The molecular formula is C44H28O. The summed E-state index contributed by atoms with van der Waals surface area (Å²) in [5.74, 6) is 0. The van der Waals surface area contributed by atoms with Crippen LogP contribution in [0.5, 0.6) is 0 Å². The van der Waals surface area contributed by atoms with E-state index < -0.39 is 0 Å². The Morgan fingerprint density at radius 3 is 1.62 bits per heavy atom. The highest BCUT2D eigenvalue weighted by atomic mass is 16.3. The van der Waals surface area contributed by atoms with Gasteiger partial charge in [0.25, 0.3) is 0 Å². The molecule has 0 fully saturated rings. The molecule has 0 spiro atoms. The molecule has 0 radical (unpaired) electrons. The SMILES string of the molecule is [2H]c1c(-c2c3ccccc3c(-c3cccc(-c4ccccc4)c3)c3ccccc23)c([2H])c2c(oc3c([2H])c([2H])c([2H])c(-c4ccccc4)c32)c1[2H]. The highest BCUT2D eigenvalue weighted by Crippen LogP contribution is 2.46. The minimum Gasteiger partial charge on any atom is -0.456 e. The third-order valence-electron chi connectivity index (χ3n) is 8.58. The molecule has 0 aliphatic rings. The predicted octanol–water partition coefficient (Wildman–Crippen LogP) is 12.6. The molecule has 8 aromatic carbocycles. The molecule has 0 saturated heterocycles. The van der Waals surface area contributed by atoms with Crippen molar-refractivity contribution in [2.75, 3.05) is 0 Å². The molecule has 0 atom stereocenters. The highest BCUT2D eigenvalue weighted by molar-refractivity contribution is 6.22. The average molecular weight is 579 g/mol. The highest BCUT2D eigenvalue weighted by Gasteiger charge is 2.19. The van der Waals surface area contributed by atoms with E-state index in [2.05, 4.69) is 48.5 Å². The van der Waals surface area contributed by atoms with Crippen LogP contribution in [0.2, 0.25) is 0 Å². The molecule has 210 valence electrons. The largest absolute Gasteiger partial charge is 0.456 e. The van der Waals surface area contributed by atoms with E-state index in [0.717, 1.165) is 43.8 Å². The fourth-order valence-corrected chi connectivity index (χ4v) is 6.59. The van der Waals surface area contributed by atoms with Gasteiger partial charge in [-0.05, 0) is 90.2 Å². The molecule has 0 amide bonds. The van der Waals surface area contributed by atoms with Gasteiger partial charge in [0.2, 0.25) is 0 Å². The Kier molecular flexibility index (Phi) is 4.63. The van der Waals surface area contributed by atoms with E-state index in [1.807, 2.05) is 84.9 Å². The van der Waals surface area contributed by atoms with Crippen LogP contribution in [0.1, 0.15) is 8.22 Å². The summed E-state index contributed by atoms with van der Waals surface area (Å²) >= 11 is 0. The van der Waals surface area contributed by atoms with Gasteiger partial charge in [0, 0.05) is 10.8 Å². The second-order valence-electron chi connectivity index (χ2n) is 11.2. The van der Waals surface area contributed by atoms with Crippen LogP contribution >= 0.6 is 0 Å². The maximum absolute atomic E-state index is 9.83. The Morgan fingerprint density at radius 1 is 0.400 bits per heavy atom. The van der Waals surface area contributed by atoms with E-state index in [-0.39, 0.29) is 58.4 Å². The number of rotatable bonds is 4. The van der Waals surface area contributed by atoms with Crippen molar-refractivity contribution in [1.82, 2.24) is 0 Å². The van der Waals surface area contributed by atoms with Gasteiger partial charge in [0.1, 0.15) is 11.2 Å². The van der Waals surface area contributed by atoms with Crippen LogP contribution in [0.15, 0.2) is 174 Å². The van der Waals surface area contributed by atoms with Gasteiger partial charge < -0.3 is 4.42 Å². The summed E-state index contributed by atoms with van der Waals surface area (Å²) in [5, 5.41) is 4.17. The first-order valence-electron chi connectivity index (χ1n) is 18.0. The van der Waals surface area contributed by atoms with Crippen LogP contribution in [-0.4, -0.2) is 0 Å². The van der Waals surface area contributed by atoms with Crippen LogP contribution in [0.25, 0.3) is 88.0 Å². The lowest BCUT2D eigenvalue weighted by Crippen LogP contribution is -1.91. The number of furan rings is 1. The normalized spacial score (nSPS) is 13.4. The zero-order valence-electron chi connectivity index (χ0n) is 30.1. The Bertz CT molecular complexity index is 2800. The number of hydrogen-bond donors (Lipinski definition) is 0. The molecule has 1 heterocycles. The third-order valence-corrected chi connectivity index (χ3v) is 8.58. The van der Waals surface area contributed by atoms with Crippen LogP contribution in [0, 0.1) is 0 Å². The standard InChI is InChI=1S/C44H28O/c1-3-13-29(14-4-1)31-17-11-18-32(27-31)42-35-19-7-9-21-37(35)43(38-22-10-8-20-36(38)42)33-25-26-40-39(28-33)44-34(23-12-24-41(44)45-40)30-15-5-2-6-16-30/h1-28H/i12D,23D,24D,25D,26D,28D. The average Bonchev–Trinajstić information content (AvgIpc) is 3.58. The monoisotopic (exact) mass is 578 g/mol. The maximum atomic E-state index is 9.83. The first kappa shape index (κ1) is 20.1. The van der Waals surface area contributed by atoms with Gasteiger partial charge in [-0.1, -0.05) is 146 Å². The molecule has 9 aromatic rings. The zero-order valence-corrected chi connectivity index (χ0v) is 24.1. The second-order valence-corrected chi connectivity index (χ2v) is 11.2. The van der Waals surface area contributed by atoms with E-state index >= 15 is 0 Å². The molecule has 0 saturated carbocycles. The first-order chi connectivity index (χ1) is 24.8. The molecular weight excluding hydrogens is 544 g/mol. The van der Waals surface area contributed by atoms with Gasteiger partial charge in [0.15, 0.2) is 0 Å².